The molecule has 0 aliphatic rings. The molecule has 0 radical (unpaired) electrons. The fourth-order valence-corrected chi connectivity index (χ4v) is 4.49. The zero-order valence-electron chi connectivity index (χ0n) is 27.8. The number of thioether (sulfide) groups is 1. The number of allylic oxidation sites excluding steroid dienone is 5. The van der Waals surface area contributed by atoms with Crippen LogP contribution in [0, 0.1) is 18.3 Å². The molecule has 0 unspecified atom stereocenters. The van der Waals surface area contributed by atoms with E-state index in [1.54, 1.807) is 23.9 Å². The predicted molar refractivity (Wildman–Crippen MR) is 190 cm³/mol. The number of hydrogen-bond donors (Lipinski definition) is 3. The van der Waals surface area contributed by atoms with Gasteiger partial charge in [-0.1, -0.05) is 65.0 Å². The number of rotatable bonds is 10. The highest BCUT2D eigenvalue weighted by atomic mass is 32.2. The molecule has 1 aromatic carbocycles. The Kier molecular flexibility index (Phi) is 16.3. The first kappa shape index (κ1) is 36.8. The van der Waals surface area contributed by atoms with Gasteiger partial charge < -0.3 is 20.9 Å². The SMILES string of the molecule is C=C/C(=C(/C)NC)c1ccc(Nc2cc(Nc3cccc(C#N)n3)nc(N(C)C(C)=CC)c2C)c(SC)c1.CC.CCC. The molecule has 0 aliphatic carbocycles. The normalized spacial score (nSPS) is 11.0. The van der Waals surface area contributed by atoms with Crippen molar-refractivity contribution in [1.29, 1.82) is 5.26 Å². The van der Waals surface area contributed by atoms with Crippen LogP contribution in [0.1, 0.15) is 71.7 Å². The van der Waals surface area contributed by atoms with Crippen LogP contribution in [0.5, 0.6) is 0 Å². The highest BCUT2D eigenvalue weighted by Crippen LogP contribution is 2.36. The maximum atomic E-state index is 9.25. The maximum Gasteiger partial charge on any atom is 0.142 e. The van der Waals surface area contributed by atoms with E-state index in [0.29, 0.717) is 17.3 Å². The summed E-state index contributed by atoms with van der Waals surface area (Å²) in [6.07, 6.45) is 7.25. The molecule has 0 aliphatic heterocycles. The van der Waals surface area contributed by atoms with Gasteiger partial charge in [0, 0.05) is 47.7 Å². The van der Waals surface area contributed by atoms with E-state index in [2.05, 4.69) is 96.7 Å². The molecular weight excluding hydrogens is 551 g/mol. The van der Waals surface area contributed by atoms with E-state index in [-0.39, 0.29) is 0 Å². The van der Waals surface area contributed by atoms with Crippen LogP contribution in [0.2, 0.25) is 0 Å². The maximum absolute atomic E-state index is 9.25. The van der Waals surface area contributed by atoms with Gasteiger partial charge in [-0.15, -0.1) is 11.8 Å². The third-order valence-electron chi connectivity index (χ3n) is 6.40. The summed E-state index contributed by atoms with van der Waals surface area (Å²) in [6, 6.07) is 15.7. The first-order valence-corrected chi connectivity index (χ1v) is 15.9. The van der Waals surface area contributed by atoms with Gasteiger partial charge in [0.05, 0.1) is 5.69 Å². The molecule has 3 N–H and O–H groups in total. The smallest absolute Gasteiger partial charge is 0.142 e. The topological polar surface area (TPSA) is 88.9 Å². The Morgan fingerprint density at radius 3 is 2.28 bits per heavy atom. The third-order valence-corrected chi connectivity index (χ3v) is 7.17. The van der Waals surface area contributed by atoms with Gasteiger partial charge in [-0.05, 0) is 69.4 Å². The fraction of sp³-hybridized carbons (Fsp3) is 0.343. The van der Waals surface area contributed by atoms with Gasteiger partial charge in [0.2, 0.25) is 0 Å². The van der Waals surface area contributed by atoms with Crippen molar-refractivity contribution >= 4 is 46.2 Å². The largest absolute Gasteiger partial charge is 0.391 e. The van der Waals surface area contributed by atoms with Gasteiger partial charge in [-0.3, -0.25) is 0 Å². The minimum absolute atomic E-state index is 0.341. The Morgan fingerprint density at radius 1 is 1.05 bits per heavy atom. The lowest BCUT2D eigenvalue weighted by molar-refractivity contribution is 0.995. The Bertz CT molecular complexity index is 1450. The molecule has 0 atom stereocenters. The summed E-state index contributed by atoms with van der Waals surface area (Å²) in [7, 11) is 3.92. The van der Waals surface area contributed by atoms with Gasteiger partial charge in [-0.2, -0.15) is 5.26 Å². The molecule has 0 amide bonds. The van der Waals surface area contributed by atoms with E-state index in [9.17, 15) is 5.26 Å². The summed E-state index contributed by atoms with van der Waals surface area (Å²) in [5, 5.41) is 19.4. The Labute approximate surface area is 264 Å². The molecule has 0 bridgehead atoms. The highest BCUT2D eigenvalue weighted by molar-refractivity contribution is 7.98. The molecule has 2 heterocycles. The van der Waals surface area contributed by atoms with Crippen molar-refractivity contribution in [3.05, 3.63) is 89.4 Å². The third kappa shape index (κ3) is 10.2. The van der Waals surface area contributed by atoms with E-state index in [0.717, 1.165) is 50.2 Å². The quantitative estimate of drug-likeness (QED) is 0.157. The summed E-state index contributed by atoms with van der Waals surface area (Å²) < 4.78 is 0. The standard InChI is InChI=1S/C30H35N7S.C3H8.C2H6/c1-9-19(3)37(7)30-20(4)26(17-29(36-30)35-28-13-11-12-23(18-31)33-28)34-25-15-14-22(16-27(25)38-8)24(10-2)21(5)32-6;1-3-2;1-2/h9-17,32H,2H2,1,3-8H3,(H2,33,34,35,36);3H2,1-2H3;1-2H3/b19-9?,24-21+;;. The first-order valence-electron chi connectivity index (χ1n) is 14.7. The van der Waals surface area contributed by atoms with E-state index >= 15 is 0 Å². The van der Waals surface area contributed by atoms with Crippen LogP contribution in [-0.4, -0.2) is 30.3 Å². The van der Waals surface area contributed by atoms with Crippen LogP contribution < -0.4 is 20.9 Å². The second-order valence-electron chi connectivity index (χ2n) is 9.38. The first-order chi connectivity index (χ1) is 20.7. The monoisotopic (exact) mass is 599 g/mol. The average Bonchev–Trinajstić information content (AvgIpc) is 3.03. The molecule has 230 valence electrons. The molecule has 0 saturated heterocycles. The lowest BCUT2D eigenvalue weighted by atomic mass is 10.0. The summed E-state index contributed by atoms with van der Waals surface area (Å²) in [6.45, 7) is 20.4. The number of nitriles is 1. The lowest BCUT2D eigenvalue weighted by Gasteiger charge is -2.24. The Balaban J connectivity index is 0.00000174. The highest BCUT2D eigenvalue weighted by Gasteiger charge is 2.16. The average molecular weight is 600 g/mol. The van der Waals surface area contributed by atoms with E-state index in [1.165, 1.54) is 6.42 Å². The molecule has 43 heavy (non-hydrogen) atoms. The molecule has 2 aromatic heterocycles. The minimum Gasteiger partial charge on any atom is -0.391 e. The molecule has 0 spiro atoms. The number of aromatic nitrogens is 2. The van der Waals surface area contributed by atoms with E-state index in [1.807, 2.05) is 60.0 Å². The predicted octanol–water partition coefficient (Wildman–Crippen LogP) is 9.80. The number of anilines is 5. The summed E-state index contributed by atoms with van der Waals surface area (Å²) >= 11 is 1.68. The number of hydrogen-bond acceptors (Lipinski definition) is 8. The lowest BCUT2D eigenvalue weighted by Crippen LogP contribution is -2.18. The molecule has 3 aromatic rings. The van der Waals surface area contributed by atoms with E-state index in [4.69, 9.17) is 4.98 Å². The minimum atomic E-state index is 0.341. The van der Waals surface area contributed by atoms with Crippen molar-refractivity contribution in [2.75, 3.05) is 35.9 Å². The number of benzene rings is 1. The van der Waals surface area contributed by atoms with E-state index < -0.39 is 0 Å². The van der Waals surface area contributed by atoms with Crippen LogP contribution in [-0.2, 0) is 0 Å². The number of pyridine rings is 2. The van der Waals surface area contributed by atoms with Gasteiger partial charge in [0.15, 0.2) is 0 Å². The molecule has 0 saturated carbocycles. The van der Waals surface area contributed by atoms with Crippen LogP contribution in [0.4, 0.5) is 28.8 Å². The van der Waals surface area contributed by atoms with Crippen LogP contribution in [0.25, 0.3) is 5.57 Å². The number of nitrogens with one attached hydrogen (secondary N) is 3. The molecular formula is C35H49N7S. The molecule has 8 heteroatoms. The zero-order chi connectivity index (χ0) is 32.5. The van der Waals surface area contributed by atoms with Gasteiger partial charge in [0.1, 0.15) is 29.2 Å². The van der Waals surface area contributed by atoms with Gasteiger partial charge in [-0.25, -0.2) is 9.97 Å². The van der Waals surface area contributed by atoms with Crippen molar-refractivity contribution in [2.24, 2.45) is 0 Å². The van der Waals surface area contributed by atoms with Crippen molar-refractivity contribution in [3.63, 3.8) is 0 Å². The Hall–Kier alpha value is -4.22. The molecule has 3 rings (SSSR count). The van der Waals surface area contributed by atoms with Crippen molar-refractivity contribution in [3.8, 4) is 6.07 Å². The summed E-state index contributed by atoms with van der Waals surface area (Å²) in [5.41, 5.74) is 7.56. The number of nitrogens with zero attached hydrogens (tertiary/aromatic N) is 4. The second kappa shape index (κ2) is 19.1. The fourth-order valence-electron chi connectivity index (χ4n) is 3.90. The second-order valence-corrected chi connectivity index (χ2v) is 10.2. The van der Waals surface area contributed by atoms with Gasteiger partial charge in [0.25, 0.3) is 0 Å². The molecule has 7 nitrogen and oxygen atoms in total. The van der Waals surface area contributed by atoms with Crippen molar-refractivity contribution in [2.45, 2.75) is 66.7 Å². The molecule has 0 fully saturated rings. The summed E-state index contributed by atoms with van der Waals surface area (Å²) in [4.78, 5) is 12.4. The van der Waals surface area contributed by atoms with Crippen LogP contribution >= 0.6 is 11.8 Å². The van der Waals surface area contributed by atoms with Crippen molar-refractivity contribution in [1.82, 2.24) is 15.3 Å². The van der Waals surface area contributed by atoms with Crippen LogP contribution in [0.15, 0.2) is 77.5 Å². The zero-order valence-corrected chi connectivity index (χ0v) is 28.6. The van der Waals surface area contributed by atoms with Gasteiger partial charge >= 0.3 is 0 Å². The van der Waals surface area contributed by atoms with Crippen molar-refractivity contribution < 1.29 is 0 Å². The summed E-state index contributed by atoms with van der Waals surface area (Å²) in [5.74, 6) is 1.99. The Morgan fingerprint density at radius 2 is 1.72 bits per heavy atom. The van der Waals surface area contributed by atoms with Crippen LogP contribution in [0.3, 0.4) is 0 Å².